The Labute approximate surface area is 331 Å². The van der Waals surface area contributed by atoms with Crippen molar-refractivity contribution in [1.29, 1.82) is 0 Å². The molecule has 5 aromatic rings. The maximum absolute atomic E-state index is 13.6. The molecule has 0 aliphatic heterocycles. The zero-order valence-corrected chi connectivity index (χ0v) is 32.5. The molecule has 306 valence electrons. The Bertz CT molecular complexity index is 2270. The number of hydrogen-bond donors (Lipinski definition) is 6. The fourth-order valence-electron chi connectivity index (χ4n) is 5.28. The summed E-state index contributed by atoms with van der Waals surface area (Å²) < 4.78 is 57.4. The van der Waals surface area contributed by atoms with Gasteiger partial charge in [-0.3, -0.25) is 24.2 Å². The molecule has 2 heterocycles. The van der Waals surface area contributed by atoms with Gasteiger partial charge in [0, 0.05) is 29.4 Å². The highest BCUT2D eigenvalue weighted by Crippen LogP contribution is 2.40. The van der Waals surface area contributed by atoms with Gasteiger partial charge in [-0.1, -0.05) is 12.1 Å². The quantitative estimate of drug-likeness (QED) is 0.0519. The number of nitrogens with two attached hydrogens (primary N) is 1. The number of alkyl halides is 3. The van der Waals surface area contributed by atoms with E-state index in [9.17, 15) is 32.3 Å². The first-order chi connectivity index (χ1) is 27.7. The van der Waals surface area contributed by atoms with Gasteiger partial charge in [-0.25, -0.2) is 9.97 Å². The Balaban J connectivity index is 1.13. The fraction of sp³-hybridized carbons (Fsp3) is 0.289. The van der Waals surface area contributed by atoms with E-state index in [4.69, 9.17) is 19.3 Å². The zero-order valence-electron chi connectivity index (χ0n) is 31.6. The van der Waals surface area contributed by atoms with Crippen LogP contribution in [-0.4, -0.2) is 56.9 Å². The highest BCUT2D eigenvalue weighted by molar-refractivity contribution is 7.41. The van der Waals surface area contributed by atoms with Crippen molar-refractivity contribution < 1.29 is 41.1 Å². The second-order valence-electron chi connectivity index (χ2n) is 12.6. The van der Waals surface area contributed by atoms with Gasteiger partial charge in [0.15, 0.2) is 11.2 Å². The number of fused-ring (bicyclic) bond motifs is 1. The molecule has 16 nitrogen and oxygen atoms in total. The molecule has 0 spiro atoms. The number of nitrogen functional groups attached to an aromatic ring is 1. The number of halogens is 3. The van der Waals surface area contributed by atoms with Crippen molar-refractivity contribution >= 4 is 60.5 Å². The minimum absolute atomic E-state index is 0.0483. The molecule has 0 saturated heterocycles. The van der Waals surface area contributed by atoms with Gasteiger partial charge in [0.05, 0.1) is 55.1 Å². The van der Waals surface area contributed by atoms with Gasteiger partial charge in [-0.2, -0.15) is 18.2 Å². The predicted molar refractivity (Wildman–Crippen MR) is 212 cm³/mol. The van der Waals surface area contributed by atoms with E-state index >= 15 is 0 Å². The van der Waals surface area contributed by atoms with Crippen LogP contribution in [0.1, 0.15) is 71.1 Å². The van der Waals surface area contributed by atoms with Crippen molar-refractivity contribution in [3.05, 3.63) is 111 Å². The van der Waals surface area contributed by atoms with Gasteiger partial charge in [-0.05, 0) is 87.4 Å². The number of rotatable bonds is 18. The van der Waals surface area contributed by atoms with Gasteiger partial charge >= 0.3 is 14.8 Å². The maximum Gasteiger partial charge on any atom is 0.416 e. The topological polar surface area (TPSA) is 225 Å². The molecule has 7 N–H and O–H groups in total. The predicted octanol–water partition coefficient (Wildman–Crippen LogP) is 6.53. The summed E-state index contributed by atoms with van der Waals surface area (Å²) in [6.45, 7) is 6.58. The number of nitrogens with zero attached hydrogens (tertiary/aromatic N) is 3. The van der Waals surface area contributed by atoms with Crippen molar-refractivity contribution in [1.82, 2.24) is 25.3 Å². The van der Waals surface area contributed by atoms with Crippen LogP contribution in [0.15, 0.2) is 77.7 Å². The Kier molecular flexibility index (Phi) is 14.8. The van der Waals surface area contributed by atoms with Crippen LogP contribution in [0.5, 0.6) is 0 Å². The first-order valence-electron chi connectivity index (χ1n) is 18.0. The lowest BCUT2D eigenvalue weighted by Gasteiger charge is -2.17. The Morgan fingerprint density at radius 2 is 1.59 bits per heavy atom. The van der Waals surface area contributed by atoms with E-state index < -0.39 is 49.7 Å². The lowest BCUT2D eigenvalue weighted by atomic mass is 10.1. The van der Waals surface area contributed by atoms with E-state index in [1.54, 1.807) is 55.5 Å². The molecule has 0 fully saturated rings. The van der Waals surface area contributed by atoms with Crippen LogP contribution in [-0.2, 0) is 37.7 Å². The van der Waals surface area contributed by atoms with E-state index in [0.29, 0.717) is 41.9 Å². The zero-order chi connectivity index (χ0) is 41.8. The second-order valence-corrected chi connectivity index (χ2v) is 13.8. The molecular formula is C38H41F3N9O7P. The number of benzene rings is 3. The third kappa shape index (κ3) is 12.2. The molecule has 0 radical (unpaired) electrons. The number of hydrogen-bond acceptors (Lipinski definition) is 12. The van der Waals surface area contributed by atoms with E-state index in [2.05, 4.69) is 41.2 Å². The second kappa shape index (κ2) is 19.9. The molecule has 2 aromatic heterocycles. The van der Waals surface area contributed by atoms with Crippen LogP contribution in [0.3, 0.4) is 0 Å². The summed E-state index contributed by atoms with van der Waals surface area (Å²) in [4.78, 5) is 66.0. The normalized spacial score (nSPS) is 12.0. The molecule has 3 amide bonds. The molecule has 58 heavy (non-hydrogen) atoms. The Hall–Kier alpha value is -6.01. The SMILES string of the molecule is CCOP(OCC)OCc1ccc(NC(=O)c2ccc(C(F)(F)F)cc2NC(=O)CC[C@@H](C)NC(=O)c2ccc(NCc3cnc4nc(N)[nH]c(=O)c4n3)cc2)cc1. The first kappa shape index (κ1) is 43.1. The summed E-state index contributed by atoms with van der Waals surface area (Å²) in [5.41, 5.74) is 6.23. The van der Waals surface area contributed by atoms with Gasteiger partial charge < -0.3 is 40.6 Å². The number of carbonyl (C=O) groups is 3. The van der Waals surface area contributed by atoms with Crippen molar-refractivity contribution in [2.45, 2.75) is 59.0 Å². The third-order valence-electron chi connectivity index (χ3n) is 8.17. The van der Waals surface area contributed by atoms with Crippen molar-refractivity contribution in [3.8, 4) is 0 Å². The molecule has 3 aromatic carbocycles. The lowest BCUT2D eigenvalue weighted by molar-refractivity contribution is -0.137. The Morgan fingerprint density at radius 1 is 0.897 bits per heavy atom. The highest BCUT2D eigenvalue weighted by atomic mass is 31.2. The summed E-state index contributed by atoms with van der Waals surface area (Å²) in [6, 6.07) is 15.1. The van der Waals surface area contributed by atoms with E-state index in [1.165, 1.54) is 6.20 Å². The van der Waals surface area contributed by atoms with Crippen molar-refractivity contribution in [3.63, 3.8) is 0 Å². The fourth-order valence-corrected chi connectivity index (χ4v) is 6.18. The summed E-state index contributed by atoms with van der Waals surface area (Å²) in [5, 5.41) is 11.0. The average molecular weight is 824 g/mol. The molecular weight excluding hydrogens is 782 g/mol. The molecule has 20 heteroatoms. The van der Waals surface area contributed by atoms with Gasteiger partial charge in [0.2, 0.25) is 11.9 Å². The molecule has 0 aliphatic carbocycles. The lowest BCUT2D eigenvalue weighted by Crippen LogP contribution is -2.33. The molecule has 0 unspecified atom stereocenters. The summed E-state index contributed by atoms with van der Waals surface area (Å²) in [5.74, 6) is -1.88. The average Bonchev–Trinajstić information content (AvgIpc) is 3.19. The van der Waals surface area contributed by atoms with Crippen LogP contribution in [0.4, 0.5) is 36.2 Å². The van der Waals surface area contributed by atoms with Gasteiger partial charge in [-0.15, -0.1) is 0 Å². The van der Waals surface area contributed by atoms with Gasteiger partial charge in [0.1, 0.15) is 0 Å². The summed E-state index contributed by atoms with van der Waals surface area (Å²) in [7, 11) is -1.51. The smallest absolute Gasteiger partial charge is 0.379 e. The van der Waals surface area contributed by atoms with Crippen molar-refractivity contribution in [2.75, 3.05) is 34.9 Å². The molecule has 1 atom stereocenters. The summed E-state index contributed by atoms with van der Waals surface area (Å²) >= 11 is 0. The highest BCUT2D eigenvalue weighted by Gasteiger charge is 2.32. The largest absolute Gasteiger partial charge is 0.416 e. The van der Waals surface area contributed by atoms with E-state index in [0.717, 1.165) is 17.7 Å². The van der Waals surface area contributed by atoms with Crippen LogP contribution in [0.2, 0.25) is 0 Å². The molecule has 0 bridgehead atoms. The molecule has 0 saturated carbocycles. The van der Waals surface area contributed by atoms with Crippen LogP contribution < -0.4 is 32.6 Å². The molecule has 5 rings (SSSR count). The number of anilines is 4. The minimum atomic E-state index is -4.73. The molecule has 0 aliphatic rings. The monoisotopic (exact) mass is 823 g/mol. The van der Waals surface area contributed by atoms with Gasteiger partial charge in [0.25, 0.3) is 17.4 Å². The number of aromatic nitrogens is 4. The third-order valence-corrected chi connectivity index (χ3v) is 9.45. The van der Waals surface area contributed by atoms with Crippen molar-refractivity contribution in [2.24, 2.45) is 0 Å². The number of H-pyrrole nitrogens is 1. The maximum atomic E-state index is 13.6. The first-order valence-corrected chi connectivity index (χ1v) is 19.1. The Morgan fingerprint density at radius 3 is 2.26 bits per heavy atom. The number of nitrogens with one attached hydrogen (secondary N) is 5. The number of carbonyl (C=O) groups excluding carboxylic acids is 3. The van der Waals surface area contributed by atoms with Crippen LogP contribution in [0, 0.1) is 0 Å². The van der Waals surface area contributed by atoms with E-state index in [1.807, 2.05) is 13.8 Å². The van der Waals surface area contributed by atoms with Crippen LogP contribution in [0.25, 0.3) is 11.2 Å². The van der Waals surface area contributed by atoms with Crippen LogP contribution >= 0.6 is 8.60 Å². The minimum Gasteiger partial charge on any atom is -0.379 e. The van der Waals surface area contributed by atoms with E-state index in [-0.39, 0.29) is 54.4 Å². The number of aromatic amines is 1. The number of amides is 3. The summed E-state index contributed by atoms with van der Waals surface area (Å²) in [6.07, 6.45) is -3.30. The standard InChI is InChI=1S/C38H41F3N9O7P/c1-4-55-58(56-5-2)57-21-23-7-12-27(13-8-23)47-35(53)29-16-11-25(38(39,40)41)18-30(29)48-31(51)17-6-22(3)45-34(52)24-9-14-26(15-10-24)43-19-28-20-44-33-32(46-28)36(54)50-37(42)49-33/h7-16,18,20,22,43H,4-6,17,19,21H2,1-3H3,(H,45,52)(H,47,53)(H,48,51)(H3,42,44,49,50,54)/t22-/m1/s1.